The number of rotatable bonds is 5. The van der Waals surface area contributed by atoms with E-state index in [9.17, 15) is 0 Å². The Morgan fingerprint density at radius 2 is 1.68 bits per heavy atom. The number of hydrogen-bond acceptors (Lipinski definition) is 4. The van der Waals surface area contributed by atoms with Gasteiger partial charge in [0.05, 0.1) is 39.5 Å². The van der Waals surface area contributed by atoms with Gasteiger partial charge in [-0.25, -0.2) is 0 Å². The molecule has 0 amide bonds. The summed E-state index contributed by atoms with van der Waals surface area (Å²) in [6.45, 7) is 5.38. The molecule has 1 aromatic carbocycles. The molecule has 0 atom stereocenters. The van der Waals surface area contributed by atoms with Gasteiger partial charge in [-0.15, -0.1) is 0 Å². The summed E-state index contributed by atoms with van der Waals surface area (Å²) in [7, 11) is 0. The minimum Gasteiger partial charge on any atom is -0.376 e. The van der Waals surface area contributed by atoms with Crippen LogP contribution in [0.2, 0.25) is 0 Å². The number of benzene rings is 1. The van der Waals surface area contributed by atoms with Gasteiger partial charge in [0.1, 0.15) is 0 Å². The maximum atomic E-state index is 5.70. The van der Waals surface area contributed by atoms with E-state index in [1.54, 1.807) is 0 Å². The van der Waals surface area contributed by atoms with Gasteiger partial charge in [-0.05, 0) is 5.56 Å². The lowest BCUT2D eigenvalue weighted by Crippen LogP contribution is -2.59. The Morgan fingerprint density at radius 1 is 1.05 bits per heavy atom. The molecule has 3 aliphatic rings. The highest BCUT2D eigenvalue weighted by Crippen LogP contribution is 2.39. The Labute approximate surface area is 113 Å². The van der Waals surface area contributed by atoms with Gasteiger partial charge in [0.2, 0.25) is 0 Å². The fraction of sp³-hybridized carbons (Fsp3) is 0.600. The third-order valence-corrected chi connectivity index (χ3v) is 3.59. The van der Waals surface area contributed by atoms with Crippen molar-refractivity contribution in [3.8, 4) is 0 Å². The second-order valence-electron chi connectivity index (χ2n) is 5.65. The lowest BCUT2D eigenvalue weighted by atomic mass is 9.91. The van der Waals surface area contributed by atoms with Crippen molar-refractivity contribution in [3.63, 3.8) is 0 Å². The SMILES string of the molecule is CC12COC(CCOCc3ccccc3)(OC1)OC2. The fourth-order valence-electron chi connectivity index (χ4n) is 2.28. The zero-order chi connectivity index (χ0) is 13.2. The molecule has 0 unspecified atom stereocenters. The molecule has 0 aromatic heterocycles. The van der Waals surface area contributed by atoms with Crippen LogP contribution < -0.4 is 0 Å². The van der Waals surface area contributed by atoms with Gasteiger partial charge >= 0.3 is 0 Å². The van der Waals surface area contributed by atoms with Crippen LogP contribution in [-0.2, 0) is 25.6 Å². The molecule has 4 rings (SSSR count). The Balaban J connectivity index is 1.43. The van der Waals surface area contributed by atoms with Crippen LogP contribution >= 0.6 is 0 Å². The minimum absolute atomic E-state index is 0.0205. The molecule has 0 aliphatic carbocycles. The van der Waals surface area contributed by atoms with Crippen LogP contribution in [0.25, 0.3) is 0 Å². The van der Waals surface area contributed by atoms with Gasteiger partial charge in [-0.2, -0.15) is 0 Å². The molecule has 3 fully saturated rings. The Kier molecular flexibility index (Phi) is 3.58. The van der Waals surface area contributed by atoms with Gasteiger partial charge < -0.3 is 18.9 Å². The average Bonchev–Trinajstić information content (AvgIpc) is 2.47. The lowest BCUT2D eigenvalue weighted by Gasteiger charge is -2.50. The lowest BCUT2D eigenvalue weighted by molar-refractivity contribution is -0.468. The molecule has 4 nitrogen and oxygen atoms in total. The first-order valence-electron chi connectivity index (χ1n) is 6.73. The highest BCUT2D eigenvalue weighted by atomic mass is 16.9. The highest BCUT2D eigenvalue weighted by molar-refractivity contribution is 5.13. The van der Waals surface area contributed by atoms with E-state index in [1.807, 2.05) is 18.2 Å². The van der Waals surface area contributed by atoms with E-state index in [1.165, 1.54) is 5.56 Å². The zero-order valence-corrected chi connectivity index (χ0v) is 11.3. The molecule has 0 saturated carbocycles. The highest BCUT2D eigenvalue weighted by Gasteiger charge is 2.49. The number of hydrogen-bond donors (Lipinski definition) is 0. The molecule has 1 aromatic rings. The van der Waals surface area contributed by atoms with Gasteiger partial charge in [-0.1, -0.05) is 37.3 Å². The van der Waals surface area contributed by atoms with Gasteiger partial charge in [-0.3, -0.25) is 0 Å². The summed E-state index contributed by atoms with van der Waals surface area (Å²) in [4.78, 5) is 0. The van der Waals surface area contributed by atoms with Crippen LogP contribution in [0.1, 0.15) is 18.9 Å². The summed E-state index contributed by atoms with van der Waals surface area (Å²) in [6, 6.07) is 10.1. The van der Waals surface area contributed by atoms with Crippen molar-refractivity contribution in [2.45, 2.75) is 25.9 Å². The molecule has 0 N–H and O–H groups in total. The van der Waals surface area contributed by atoms with Crippen LogP contribution in [-0.4, -0.2) is 32.4 Å². The maximum absolute atomic E-state index is 5.70. The Morgan fingerprint density at radius 3 is 2.32 bits per heavy atom. The van der Waals surface area contributed by atoms with E-state index in [4.69, 9.17) is 18.9 Å². The van der Waals surface area contributed by atoms with Gasteiger partial charge in [0.15, 0.2) is 0 Å². The summed E-state index contributed by atoms with van der Waals surface area (Å²) in [6.07, 6.45) is 0.607. The van der Waals surface area contributed by atoms with E-state index in [2.05, 4.69) is 19.1 Å². The van der Waals surface area contributed by atoms with E-state index < -0.39 is 5.97 Å². The van der Waals surface area contributed by atoms with Crippen LogP contribution in [0.5, 0.6) is 0 Å². The summed E-state index contributed by atoms with van der Waals surface area (Å²) in [5, 5.41) is 0. The molecular formula is C15H20O4. The molecule has 19 heavy (non-hydrogen) atoms. The average molecular weight is 264 g/mol. The largest absolute Gasteiger partial charge is 0.376 e. The first kappa shape index (κ1) is 13.1. The van der Waals surface area contributed by atoms with E-state index in [0.717, 1.165) is 0 Å². The summed E-state index contributed by atoms with van der Waals surface area (Å²) < 4.78 is 22.7. The summed E-state index contributed by atoms with van der Waals surface area (Å²) >= 11 is 0. The summed E-state index contributed by atoms with van der Waals surface area (Å²) in [5.74, 6) is -0.867. The van der Waals surface area contributed by atoms with Crippen molar-refractivity contribution >= 4 is 0 Å². The predicted octanol–water partition coefficient (Wildman–Crippen LogP) is 2.33. The van der Waals surface area contributed by atoms with E-state index in [0.29, 0.717) is 39.5 Å². The predicted molar refractivity (Wildman–Crippen MR) is 69.4 cm³/mol. The van der Waals surface area contributed by atoms with Crippen LogP contribution in [0.15, 0.2) is 30.3 Å². The van der Waals surface area contributed by atoms with E-state index in [-0.39, 0.29) is 5.41 Å². The van der Waals surface area contributed by atoms with Crippen molar-refractivity contribution in [3.05, 3.63) is 35.9 Å². The molecule has 0 spiro atoms. The monoisotopic (exact) mass is 264 g/mol. The standard InChI is InChI=1S/C15H20O4/c1-14-10-17-15(18-11-14,19-12-14)7-8-16-9-13-5-3-2-4-6-13/h2-6H,7-12H2,1H3. The second kappa shape index (κ2) is 5.21. The molecule has 3 heterocycles. The van der Waals surface area contributed by atoms with Crippen molar-refractivity contribution in [2.24, 2.45) is 5.41 Å². The van der Waals surface area contributed by atoms with Crippen molar-refractivity contribution in [2.75, 3.05) is 26.4 Å². The fourth-order valence-corrected chi connectivity index (χ4v) is 2.28. The zero-order valence-electron chi connectivity index (χ0n) is 11.3. The molecule has 2 bridgehead atoms. The topological polar surface area (TPSA) is 36.9 Å². The van der Waals surface area contributed by atoms with Crippen molar-refractivity contribution in [1.29, 1.82) is 0 Å². The van der Waals surface area contributed by atoms with Crippen molar-refractivity contribution in [1.82, 2.24) is 0 Å². The van der Waals surface area contributed by atoms with Crippen LogP contribution in [0.4, 0.5) is 0 Å². The van der Waals surface area contributed by atoms with Crippen LogP contribution in [0.3, 0.4) is 0 Å². The molecule has 0 radical (unpaired) electrons. The molecule has 3 aliphatic heterocycles. The van der Waals surface area contributed by atoms with Crippen LogP contribution in [0, 0.1) is 5.41 Å². The first-order chi connectivity index (χ1) is 9.20. The molecular weight excluding hydrogens is 244 g/mol. The Hall–Kier alpha value is -0.940. The third-order valence-electron chi connectivity index (χ3n) is 3.59. The third kappa shape index (κ3) is 2.98. The quantitative estimate of drug-likeness (QED) is 0.765. The van der Waals surface area contributed by atoms with E-state index >= 15 is 0 Å². The maximum Gasteiger partial charge on any atom is 0.285 e. The summed E-state index contributed by atoms with van der Waals surface area (Å²) in [5.41, 5.74) is 1.19. The molecule has 3 saturated heterocycles. The molecule has 104 valence electrons. The van der Waals surface area contributed by atoms with Gasteiger partial charge in [0, 0.05) is 5.41 Å². The smallest absolute Gasteiger partial charge is 0.285 e. The number of fused-ring (bicyclic) bond motifs is 3. The Bertz CT molecular complexity index is 393. The minimum atomic E-state index is -0.867. The van der Waals surface area contributed by atoms with Gasteiger partial charge in [0.25, 0.3) is 5.97 Å². The molecule has 4 heteroatoms. The normalized spacial score (nSPS) is 33.5. The van der Waals surface area contributed by atoms with Crippen molar-refractivity contribution < 1.29 is 18.9 Å². The number of ether oxygens (including phenoxy) is 4. The first-order valence-corrected chi connectivity index (χ1v) is 6.73. The second-order valence-corrected chi connectivity index (χ2v) is 5.65.